The van der Waals surface area contributed by atoms with Crippen molar-refractivity contribution in [3.05, 3.63) is 35.4 Å². The van der Waals surface area contributed by atoms with E-state index in [9.17, 15) is 8.78 Å². The van der Waals surface area contributed by atoms with Crippen molar-refractivity contribution in [3.8, 4) is 0 Å². The van der Waals surface area contributed by atoms with E-state index in [1.54, 1.807) is 11.8 Å². The molecule has 2 aliphatic rings. The Balaban J connectivity index is 1.55. The number of thioether (sulfide) groups is 1. The zero-order valence-corrected chi connectivity index (χ0v) is 12.1. The molecule has 2 nitrogen and oxygen atoms in total. The third-order valence-corrected chi connectivity index (χ3v) is 5.10. The topological polar surface area (TPSA) is 24.4 Å². The number of halogens is 2. The third kappa shape index (κ3) is 3.32. The standard InChI is InChI=1S/C15H18F2N2S/c16-12-6-10(7-13(17)8-12)4-5-18-15-19-14-3-1-2-11(14)9-20-15/h6-8,11,14H,1-5,9H2,(H,18,19). The van der Waals surface area contributed by atoms with E-state index in [1.165, 1.54) is 31.4 Å². The van der Waals surface area contributed by atoms with E-state index in [2.05, 4.69) is 10.3 Å². The third-order valence-electron chi connectivity index (χ3n) is 3.98. The SMILES string of the molecule is Fc1cc(F)cc(CCN=C2NC3CCCC3CS2)c1. The van der Waals surface area contributed by atoms with Crippen LogP contribution >= 0.6 is 11.8 Å². The molecule has 1 N–H and O–H groups in total. The fourth-order valence-electron chi connectivity index (χ4n) is 2.95. The largest absolute Gasteiger partial charge is 0.362 e. The van der Waals surface area contributed by atoms with E-state index in [0.717, 1.165) is 22.9 Å². The molecule has 1 aliphatic carbocycles. The highest BCUT2D eigenvalue weighted by Crippen LogP contribution is 2.32. The van der Waals surface area contributed by atoms with Gasteiger partial charge in [0.15, 0.2) is 5.17 Å². The van der Waals surface area contributed by atoms with Crippen LogP contribution in [-0.4, -0.2) is 23.5 Å². The van der Waals surface area contributed by atoms with Crippen molar-refractivity contribution in [2.45, 2.75) is 31.7 Å². The molecule has 2 unspecified atom stereocenters. The smallest absolute Gasteiger partial charge is 0.156 e. The van der Waals surface area contributed by atoms with Gasteiger partial charge in [0, 0.05) is 24.4 Å². The fraction of sp³-hybridized carbons (Fsp3) is 0.533. The molecule has 0 aromatic heterocycles. The lowest BCUT2D eigenvalue weighted by Gasteiger charge is -2.28. The average Bonchev–Trinajstić information content (AvgIpc) is 2.85. The second kappa shape index (κ2) is 6.12. The summed E-state index contributed by atoms with van der Waals surface area (Å²) >= 11 is 1.77. The summed E-state index contributed by atoms with van der Waals surface area (Å²) in [7, 11) is 0. The highest BCUT2D eigenvalue weighted by atomic mass is 32.2. The molecule has 2 fully saturated rings. The van der Waals surface area contributed by atoms with Crippen LogP contribution in [0.3, 0.4) is 0 Å². The van der Waals surface area contributed by atoms with Gasteiger partial charge in [-0.05, 0) is 42.9 Å². The van der Waals surface area contributed by atoms with Crippen molar-refractivity contribution >= 4 is 16.9 Å². The number of fused-ring (bicyclic) bond motifs is 1. The number of hydrogen-bond donors (Lipinski definition) is 1. The Kier molecular flexibility index (Phi) is 4.24. The number of benzene rings is 1. The van der Waals surface area contributed by atoms with E-state index >= 15 is 0 Å². The molecule has 0 bridgehead atoms. The molecule has 1 aromatic rings. The number of nitrogens with zero attached hydrogens (tertiary/aromatic N) is 1. The molecule has 0 radical (unpaired) electrons. The Labute approximate surface area is 122 Å². The number of aliphatic imine (C=N–C) groups is 1. The molecule has 1 aromatic carbocycles. The summed E-state index contributed by atoms with van der Waals surface area (Å²) in [6.07, 6.45) is 4.42. The molecular formula is C15H18F2N2S. The Bertz CT molecular complexity index is 498. The number of hydrogen-bond acceptors (Lipinski definition) is 2. The van der Waals surface area contributed by atoms with Crippen LogP contribution in [0.5, 0.6) is 0 Å². The molecule has 2 atom stereocenters. The predicted octanol–water partition coefficient (Wildman–Crippen LogP) is 3.37. The number of amidine groups is 1. The minimum Gasteiger partial charge on any atom is -0.362 e. The first-order chi connectivity index (χ1) is 9.70. The monoisotopic (exact) mass is 296 g/mol. The normalized spacial score (nSPS) is 27.4. The van der Waals surface area contributed by atoms with Gasteiger partial charge in [-0.25, -0.2) is 8.78 Å². The molecule has 5 heteroatoms. The molecular weight excluding hydrogens is 278 g/mol. The molecule has 1 saturated heterocycles. The molecule has 1 saturated carbocycles. The first-order valence-electron chi connectivity index (χ1n) is 7.09. The van der Waals surface area contributed by atoms with Crippen molar-refractivity contribution in [2.24, 2.45) is 10.9 Å². The quantitative estimate of drug-likeness (QED) is 0.925. The highest BCUT2D eigenvalue weighted by molar-refractivity contribution is 8.13. The Morgan fingerprint density at radius 2 is 2.00 bits per heavy atom. The van der Waals surface area contributed by atoms with Crippen molar-refractivity contribution in [1.82, 2.24) is 5.32 Å². The lowest BCUT2D eigenvalue weighted by Crippen LogP contribution is -2.41. The molecule has 20 heavy (non-hydrogen) atoms. The number of nitrogens with one attached hydrogen (secondary N) is 1. The summed E-state index contributed by atoms with van der Waals surface area (Å²) in [4.78, 5) is 4.52. The van der Waals surface area contributed by atoms with Crippen LogP contribution in [0, 0.1) is 17.6 Å². The van der Waals surface area contributed by atoms with Gasteiger partial charge in [-0.15, -0.1) is 0 Å². The van der Waals surface area contributed by atoms with Crippen LogP contribution < -0.4 is 5.32 Å². The fourth-order valence-corrected chi connectivity index (χ4v) is 4.13. The van der Waals surface area contributed by atoms with Gasteiger partial charge in [-0.3, -0.25) is 4.99 Å². The van der Waals surface area contributed by atoms with E-state index in [0.29, 0.717) is 24.6 Å². The maximum Gasteiger partial charge on any atom is 0.156 e. The maximum absolute atomic E-state index is 13.1. The van der Waals surface area contributed by atoms with E-state index in [4.69, 9.17) is 0 Å². The lowest BCUT2D eigenvalue weighted by molar-refractivity contribution is 0.490. The van der Waals surface area contributed by atoms with Crippen molar-refractivity contribution < 1.29 is 8.78 Å². The zero-order valence-electron chi connectivity index (χ0n) is 11.2. The molecule has 108 valence electrons. The Hall–Kier alpha value is -1.10. The van der Waals surface area contributed by atoms with E-state index < -0.39 is 11.6 Å². The lowest BCUT2D eigenvalue weighted by atomic mass is 10.1. The van der Waals surface area contributed by atoms with Gasteiger partial charge in [0.05, 0.1) is 0 Å². The molecule has 0 amide bonds. The van der Waals surface area contributed by atoms with Gasteiger partial charge in [0.25, 0.3) is 0 Å². The summed E-state index contributed by atoms with van der Waals surface area (Å²) in [6.45, 7) is 0.565. The van der Waals surface area contributed by atoms with Gasteiger partial charge in [-0.1, -0.05) is 18.2 Å². The summed E-state index contributed by atoms with van der Waals surface area (Å²) in [5.74, 6) is 0.889. The van der Waals surface area contributed by atoms with Gasteiger partial charge in [0.1, 0.15) is 11.6 Å². The van der Waals surface area contributed by atoms with E-state index in [-0.39, 0.29) is 0 Å². The van der Waals surface area contributed by atoms with Gasteiger partial charge >= 0.3 is 0 Å². The Morgan fingerprint density at radius 3 is 2.80 bits per heavy atom. The minimum atomic E-state index is -0.522. The molecule has 1 aliphatic heterocycles. The second-order valence-electron chi connectivity index (χ2n) is 5.47. The molecule has 3 rings (SSSR count). The number of rotatable bonds is 3. The average molecular weight is 296 g/mol. The Morgan fingerprint density at radius 1 is 1.20 bits per heavy atom. The zero-order chi connectivity index (χ0) is 13.9. The van der Waals surface area contributed by atoms with Gasteiger partial charge in [0.2, 0.25) is 0 Å². The summed E-state index contributed by atoms with van der Waals surface area (Å²) < 4.78 is 26.1. The van der Waals surface area contributed by atoms with Crippen molar-refractivity contribution in [2.75, 3.05) is 12.3 Å². The predicted molar refractivity (Wildman–Crippen MR) is 79.1 cm³/mol. The first kappa shape index (κ1) is 13.9. The van der Waals surface area contributed by atoms with Crippen molar-refractivity contribution in [3.63, 3.8) is 0 Å². The maximum atomic E-state index is 13.1. The van der Waals surface area contributed by atoms with Crippen LogP contribution in [0.1, 0.15) is 24.8 Å². The van der Waals surface area contributed by atoms with Gasteiger partial charge < -0.3 is 5.32 Å². The summed E-state index contributed by atoms with van der Waals surface area (Å²) in [5.41, 5.74) is 0.659. The highest BCUT2D eigenvalue weighted by Gasteiger charge is 2.31. The molecule has 0 spiro atoms. The van der Waals surface area contributed by atoms with E-state index in [1.807, 2.05) is 0 Å². The van der Waals surface area contributed by atoms with Crippen molar-refractivity contribution in [1.29, 1.82) is 0 Å². The van der Waals surface area contributed by atoms with Crippen LogP contribution in [0.2, 0.25) is 0 Å². The van der Waals surface area contributed by atoms with Crippen LogP contribution in [-0.2, 0) is 6.42 Å². The minimum absolute atomic E-state index is 0.522. The summed E-state index contributed by atoms with van der Waals surface area (Å²) in [5, 5.41) is 4.48. The van der Waals surface area contributed by atoms with Crippen LogP contribution in [0.4, 0.5) is 8.78 Å². The van der Waals surface area contributed by atoms with Crippen LogP contribution in [0.25, 0.3) is 0 Å². The van der Waals surface area contributed by atoms with Crippen LogP contribution in [0.15, 0.2) is 23.2 Å². The second-order valence-corrected chi connectivity index (χ2v) is 6.48. The van der Waals surface area contributed by atoms with Gasteiger partial charge in [-0.2, -0.15) is 0 Å². The summed E-state index contributed by atoms with van der Waals surface area (Å²) in [6, 6.07) is 4.23. The first-order valence-corrected chi connectivity index (χ1v) is 8.08. The molecule has 1 heterocycles.